The van der Waals surface area contributed by atoms with Crippen molar-refractivity contribution in [3.63, 3.8) is 0 Å². The van der Waals surface area contributed by atoms with Crippen LogP contribution in [0.15, 0.2) is 30.3 Å². The highest BCUT2D eigenvalue weighted by Gasteiger charge is 2.33. The van der Waals surface area contributed by atoms with Crippen LogP contribution in [0.25, 0.3) is 0 Å². The maximum absolute atomic E-state index is 11.6. The van der Waals surface area contributed by atoms with E-state index in [1.165, 1.54) is 0 Å². The molecular weight excluding hydrogens is 204 g/mol. The molecule has 1 heterocycles. The largest absolute Gasteiger partial charge is 0.443 e. The van der Waals surface area contributed by atoms with Crippen LogP contribution in [0.4, 0.5) is 4.79 Å². The molecule has 4 heteroatoms. The first-order valence-electron chi connectivity index (χ1n) is 5.44. The lowest BCUT2D eigenvalue weighted by Crippen LogP contribution is -2.30. The third kappa shape index (κ3) is 2.02. The number of carbonyl (C=O) groups is 1. The van der Waals surface area contributed by atoms with Gasteiger partial charge in [0.15, 0.2) is 0 Å². The molecule has 0 saturated carbocycles. The van der Waals surface area contributed by atoms with Gasteiger partial charge in [-0.15, -0.1) is 0 Å². The van der Waals surface area contributed by atoms with Gasteiger partial charge in [-0.1, -0.05) is 30.3 Å². The van der Waals surface area contributed by atoms with E-state index in [0.717, 1.165) is 5.56 Å². The van der Waals surface area contributed by atoms with Crippen molar-refractivity contribution in [3.05, 3.63) is 35.9 Å². The van der Waals surface area contributed by atoms with Gasteiger partial charge >= 0.3 is 6.09 Å². The molecule has 1 fully saturated rings. The summed E-state index contributed by atoms with van der Waals surface area (Å²) >= 11 is 0. The molecule has 1 amide bonds. The molecule has 86 valence electrons. The summed E-state index contributed by atoms with van der Waals surface area (Å²) in [4.78, 5) is 13.3. The van der Waals surface area contributed by atoms with Crippen molar-refractivity contribution in [1.82, 2.24) is 4.90 Å². The van der Waals surface area contributed by atoms with Gasteiger partial charge in [0.1, 0.15) is 6.10 Å². The third-order valence-corrected chi connectivity index (χ3v) is 2.91. The summed E-state index contributed by atoms with van der Waals surface area (Å²) in [6.45, 7) is 2.95. The first-order valence-corrected chi connectivity index (χ1v) is 5.44. The zero-order valence-electron chi connectivity index (χ0n) is 9.30. The van der Waals surface area contributed by atoms with E-state index >= 15 is 0 Å². The standard InChI is InChI=1S/C12H16N2O2/c1-9(10-5-3-2-4-6-10)14-8-11(7-13)16-12(14)15/h2-6,9,11H,7-8,13H2,1H3/t9-,11+/m0/s1. The minimum Gasteiger partial charge on any atom is -0.443 e. The van der Waals surface area contributed by atoms with Crippen molar-refractivity contribution in [2.75, 3.05) is 13.1 Å². The summed E-state index contributed by atoms with van der Waals surface area (Å²) in [7, 11) is 0. The first-order chi connectivity index (χ1) is 7.72. The summed E-state index contributed by atoms with van der Waals surface area (Å²) in [5.41, 5.74) is 6.60. The minimum atomic E-state index is -0.271. The van der Waals surface area contributed by atoms with Crippen LogP contribution in [0.1, 0.15) is 18.5 Å². The molecule has 0 aliphatic carbocycles. The monoisotopic (exact) mass is 220 g/mol. The molecule has 4 nitrogen and oxygen atoms in total. The van der Waals surface area contributed by atoms with Crippen molar-refractivity contribution in [1.29, 1.82) is 0 Å². The topological polar surface area (TPSA) is 55.6 Å². The lowest BCUT2D eigenvalue weighted by atomic mass is 10.1. The van der Waals surface area contributed by atoms with Crippen molar-refractivity contribution in [3.8, 4) is 0 Å². The molecule has 16 heavy (non-hydrogen) atoms. The molecule has 2 N–H and O–H groups in total. The van der Waals surface area contributed by atoms with Crippen molar-refractivity contribution in [2.24, 2.45) is 5.73 Å². The predicted octanol–water partition coefficient (Wildman–Crippen LogP) is 1.53. The lowest BCUT2D eigenvalue weighted by molar-refractivity contribution is 0.131. The van der Waals surface area contributed by atoms with Gasteiger partial charge in [-0.25, -0.2) is 4.79 Å². The Morgan fingerprint density at radius 2 is 2.19 bits per heavy atom. The van der Waals surface area contributed by atoms with E-state index in [2.05, 4.69) is 0 Å². The van der Waals surface area contributed by atoms with E-state index in [-0.39, 0.29) is 18.2 Å². The summed E-state index contributed by atoms with van der Waals surface area (Å²) in [5.74, 6) is 0. The summed E-state index contributed by atoms with van der Waals surface area (Å²) in [5, 5.41) is 0. The molecule has 0 spiro atoms. The maximum Gasteiger partial charge on any atom is 0.410 e. The minimum absolute atomic E-state index is 0.0326. The lowest BCUT2D eigenvalue weighted by Gasteiger charge is -2.22. The third-order valence-electron chi connectivity index (χ3n) is 2.91. The highest BCUT2D eigenvalue weighted by Crippen LogP contribution is 2.24. The highest BCUT2D eigenvalue weighted by molar-refractivity contribution is 5.70. The van der Waals surface area contributed by atoms with E-state index in [4.69, 9.17) is 10.5 Å². The Morgan fingerprint density at radius 1 is 1.50 bits per heavy atom. The quantitative estimate of drug-likeness (QED) is 0.840. The van der Waals surface area contributed by atoms with Crippen LogP contribution in [0, 0.1) is 0 Å². The van der Waals surface area contributed by atoms with E-state index in [1.807, 2.05) is 37.3 Å². The smallest absolute Gasteiger partial charge is 0.410 e. The molecule has 1 saturated heterocycles. The molecule has 2 atom stereocenters. The van der Waals surface area contributed by atoms with Gasteiger partial charge in [0.2, 0.25) is 0 Å². The van der Waals surface area contributed by atoms with Gasteiger partial charge in [0, 0.05) is 6.54 Å². The number of carbonyl (C=O) groups excluding carboxylic acids is 1. The number of hydrogen-bond acceptors (Lipinski definition) is 3. The second-order valence-electron chi connectivity index (χ2n) is 3.98. The Morgan fingerprint density at radius 3 is 2.75 bits per heavy atom. The average molecular weight is 220 g/mol. The zero-order chi connectivity index (χ0) is 11.5. The van der Waals surface area contributed by atoms with E-state index in [0.29, 0.717) is 13.1 Å². The van der Waals surface area contributed by atoms with E-state index in [1.54, 1.807) is 4.90 Å². The Hall–Kier alpha value is -1.55. The fourth-order valence-electron chi connectivity index (χ4n) is 1.89. The van der Waals surface area contributed by atoms with Gasteiger partial charge in [-0.2, -0.15) is 0 Å². The van der Waals surface area contributed by atoms with Gasteiger partial charge in [-0.3, -0.25) is 4.90 Å². The number of hydrogen-bond donors (Lipinski definition) is 1. The Bertz CT molecular complexity index is 367. The highest BCUT2D eigenvalue weighted by atomic mass is 16.6. The van der Waals surface area contributed by atoms with Gasteiger partial charge in [0.25, 0.3) is 0 Å². The van der Waals surface area contributed by atoms with Crippen LogP contribution in [0.2, 0.25) is 0 Å². The molecule has 0 bridgehead atoms. The molecule has 1 aromatic rings. The molecule has 1 aliphatic heterocycles. The predicted molar refractivity (Wildman–Crippen MR) is 60.9 cm³/mol. The second-order valence-corrected chi connectivity index (χ2v) is 3.98. The maximum atomic E-state index is 11.6. The normalized spacial score (nSPS) is 22.0. The fourth-order valence-corrected chi connectivity index (χ4v) is 1.89. The molecule has 1 aromatic carbocycles. The molecule has 0 unspecified atom stereocenters. The average Bonchev–Trinajstić information content (AvgIpc) is 2.71. The number of ether oxygens (including phenoxy) is 1. The Balaban J connectivity index is 2.11. The molecule has 1 aliphatic rings. The van der Waals surface area contributed by atoms with Gasteiger partial charge in [0.05, 0.1) is 12.6 Å². The number of benzene rings is 1. The summed E-state index contributed by atoms with van der Waals surface area (Å²) < 4.78 is 5.13. The van der Waals surface area contributed by atoms with Crippen molar-refractivity contribution in [2.45, 2.75) is 19.1 Å². The molecular formula is C12H16N2O2. The van der Waals surface area contributed by atoms with Crippen LogP contribution in [0.3, 0.4) is 0 Å². The molecule has 0 radical (unpaired) electrons. The zero-order valence-corrected chi connectivity index (χ0v) is 9.30. The van der Waals surface area contributed by atoms with Crippen LogP contribution in [-0.4, -0.2) is 30.2 Å². The van der Waals surface area contributed by atoms with E-state index in [9.17, 15) is 4.79 Å². The van der Waals surface area contributed by atoms with Gasteiger partial charge in [-0.05, 0) is 12.5 Å². The Kier molecular flexibility index (Phi) is 3.10. The van der Waals surface area contributed by atoms with Crippen LogP contribution < -0.4 is 5.73 Å². The molecule has 2 rings (SSSR count). The van der Waals surface area contributed by atoms with Crippen molar-refractivity contribution < 1.29 is 9.53 Å². The number of nitrogens with two attached hydrogens (primary N) is 1. The van der Waals surface area contributed by atoms with Crippen LogP contribution in [0.5, 0.6) is 0 Å². The number of cyclic esters (lactones) is 1. The fraction of sp³-hybridized carbons (Fsp3) is 0.417. The van der Waals surface area contributed by atoms with Gasteiger partial charge < -0.3 is 10.5 Å². The first kappa shape index (κ1) is 11.0. The second kappa shape index (κ2) is 4.53. The summed E-state index contributed by atoms with van der Waals surface area (Å²) in [6.07, 6.45) is -0.439. The Labute approximate surface area is 95.0 Å². The van der Waals surface area contributed by atoms with Crippen LogP contribution in [-0.2, 0) is 4.74 Å². The number of rotatable bonds is 3. The SMILES string of the molecule is C[C@@H](c1ccccc1)N1C[C@@H](CN)OC1=O. The number of nitrogens with zero attached hydrogens (tertiary/aromatic N) is 1. The summed E-state index contributed by atoms with van der Waals surface area (Å²) in [6, 6.07) is 9.94. The van der Waals surface area contributed by atoms with Crippen molar-refractivity contribution >= 4 is 6.09 Å². The van der Waals surface area contributed by atoms with E-state index < -0.39 is 0 Å². The number of amides is 1. The van der Waals surface area contributed by atoms with Crippen LogP contribution >= 0.6 is 0 Å². The molecule has 0 aromatic heterocycles.